The van der Waals surface area contributed by atoms with E-state index in [4.69, 9.17) is 14.9 Å². The molecule has 0 aliphatic rings. The smallest absolute Gasteiger partial charge is 0.230 e. The molecule has 0 radical (unpaired) electrons. The molecule has 0 amide bonds. The zero-order valence-electron chi connectivity index (χ0n) is 17.1. The molecule has 5 heteroatoms. The fourth-order valence-corrected chi connectivity index (χ4v) is 3.85. The molecule has 3 aromatic carbocycles. The normalized spacial score (nSPS) is 11.0. The average molecular weight is 407 g/mol. The van der Waals surface area contributed by atoms with Crippen molar-refractivity contribution in [3.05, 3.63) is 96.4 Å². The van der Waals surface area contributed by atoms with Crippen LogP contribution in [0.4, 0.5) is 5.69 Å². The lowest BCUT2D eigenvalue weighted by molar-refractivity contribution is 0.415. The van der Waals surface area contributed by atoms with Crippen LogP contribution >= 0.6 is 0 Å². The Bertz CT molecular complexity index is 1340. The van der Waals surface area contributed by atoms with Gasteiger partial charge >= 0.3 is 0 Å². The summed E-state index contributed by atoms with van der Waals surface area (Å²) in [4.78, 5) is 9.06. The monoisotopic (exact) mass is 407 g/mol. The van der Waals surface area contributed by atoms with E-state index in [0.29, 0.717) is 12.1 Å². The SMILES string of the molecule is COc1ccc(-c2c(-c3ccccc3)oc3ncnc(Cc4cccc(N)c4)c23)cc1. The van der Waals surface area contributed by atoms with Crippen LogP contribution in [0.2, 0.25) is 0 Å². The number of nitrogen functional groups attached to an aromatic ring is 1. The van der Waals surface area contributed by atoms with Gasteiger partial charge < -0.3 is 14.9 Å². The van der Waals surface area contributed by atoms with E-state index in [1.54, 1.807) is 13.4 Å². The highest BCUT2D eigenvalue weighted by atomic mass is 16.5. The molecule has 2 aromatic heterocycles. The Morgan fingerprint density at radius 1 is 0.871 bits per heavy atom. The lowest BCUT2D eigenvalue weighted by Crippen LogP contribution is -1.96. The van der Waals surface area contributed by atoms with Crippen LogP contribution in [0.25, 0.3) is 33.6 Å². The van der Waals surface area contributed by atoms with Crippen molar-refractivity contribution >= 4 is 16.8 Å². The zero-order valence-corrected chi connectivity index (χ0v) is 17.1. The fraction of sp³-hybridized carbons (Fsp3) is 0.0769. The highest BCUT2D eigenvalue weighted by Crippen LogP contribution is 2.41. The maximum Gasteiger partial charge on any atom is 0.230 e. The summed E-state index contributed by atoms with van der Waals surface area (Å²) in [7, 11) is 1.66. The molecule has 5 aromatic rings. The Morgan fingerprint density at radius 2 is 1.68 bits per heavy atom. The predicted molar refractivity (Wildman–Crippen MR) is 123 cm³/mol. The minimum Gasteiger partial charge on any atom is -0.497 e. The van der Waals surface area contributed by atoms with Gasteiger partial charge in [0, 0.05) is 23.2 Å². The number of rotatable bonds is 5. The molecule has 5 nitrogen and oxygen atoms in total. The first-order valence-corrected chi connectivity index (χ1v) is 10.0. The minimum absolute atomic E-state index is 0.568. The van der Waals surface area contributed by atoms with Gasteiger partial charge in [-0.1, -0.05) is 54.6 Å². The molecule has 5 rings (SSSR count). The van der Waals surface area contributed by atoms with E-state index >= 15 is 0 Å². The Kier molecular flexibility index (Phi) is 4.84. The number of anilines is 1. The van der Waals surface area contributed by atoms with Crippen LogP contribution < -0.4 is 10.5 Å². The molecule has 2 heterocycles. The molecule has 0 unspecified atom stereocenters. The number of hydrogen-bond donors (Lipinski definition) is 1. The Balaban J connectivity index is 1.75. The number of ether oxygens (including phenoxy) is 1. The maximum absolute atomic E-state index is 6.29. The van der Waals surface area contributed by atoms with Gasteiger partial charge in [-0.25, -0.2) is 9.97 Å². The third-order valence-electron chi connectivity index (χ3n) is 5.30. The number of methoxy groups -OCH3 is 1. The Morgan fingerprint density at radius 3 is 2.42 bits per heavy atom. The molecule has 2 N–H and O–H groups in total. The second-order valence-electron chi connectivity index (χ2n) is 7.32. The van der Waals surface area contributed by atoms with E-state index < -0.39 is 0 Å². The molecule has 31 heavy (non-hydrogen) atoms. The summed E-state index contributed by atoms with van der Waals surface area (Å²) in [6.07, 6.45) is 2.18. The van der Waals surface area contributed by atoms with Crippen LogP contribution in [0.1, 0.15) is 11.3 Å². The van der Waals surface area contributed by atoms with Gasteiger partial charge in [0.2, 0.25) is 5.71 Å². The predicted octanol–water partition coefficient (Wildman–Crippen LogP) is 5.74. The Labute approximate surface area is 180 Å². The summed E-state index contributed by atoms with van der Waals surface area (Å²) in [5, 5.41) is 0.911. The van der Waals surface area contributed by atoms with Crippen molar-refractivity contribution in [2.75, 3.05) is 12.8 Å². The maximum atomic E-state index is 6.29. The van der Waals surface area contributed by atoms with E-state index in [1.807, 2.05) is 72.8 Å². The second kappa shape index (κ2) is 7.95. The van der Waals surface area contributed by atoms with Crippen LogP contribution in [0, 0.1) is 0 Å². The van der Waals surface area contributed by atoms with Gasteiger partial charge in [0.05, 0.1) is 18.2 Å². The largest absolute Gasteiger partial charge is 0.497 e. The third kappa shape index (κ3) is 3.62. The van der Waals surface area contributed by atoms with E-state index in [1.165, 1.54) is 0 Å². The second-order valence-corrected chi connectivity index (χ2v) is 7.32. The molecule has 0 saturated carbocycles. The first-order valence-electron chi connectivity index (χ1n) is 10.0. The van der Waals surface area contributed by atoms with Crippen LogP contribution in [-0.2, 0) is 6.42 Å². The first-order chi connectivity index (χ1) is 15.2. The van der Waals surface area contributed by atoms with Crippen molar-refractivity contribution < 1.29 is 9.15 Å². The molecule has 0 aliphatic heterocycles. The van der Waals surface area contributed by atoms with Gasteiger partial charge in [-0.3, -0.25) is 0 Å². The molecule has 0 aliphatic carbocycles. The first kappa shape index (κ1) is 18.9. The van der Waals surface area contributed by atoms with Crippen LogP contribution in [0.15, 0.2) is 89.6 Å². The van der Waals surface area contributed by atoms with Gasteiger partial charge in [-0.2, -0.15) is 0 Å². The van der Waals surface area contributed by atoms with Crippen LogP contribution in [-0.4, -0.2) is 17.1 Å². The standard InChI is InChI=1S/C26H21N3O2/c1-30-21-12-10-18(11-13-21)23-24-22(15-17-6-5-9-20(27)14-17)28-16-29-26(24)31-25(23)19-7-3-2-4-8-19/h2-14,16H,15,27H2,1H3. The number of furan rings is 1. The highest BCUT2D eigenvalue weighted by Gasteiger charge is 2.22. The average Bonchev–Trinajstić information content (AvgIpc) is 3.20. The molecule has 0 spiro atoms. The van der Waals surface area contributed by atoms with E-state index in [9.17, 15) is 0 Å². The van der Waals surface area contributed by atoms with Crippen LogP contribution in [0.5, 0.6) is 5.75 Å². The van der Waals surface area contributed by atoms with Gasteiger partial charge in [-0.15, -0.1) is 0 Å². The fourth-order valence-electron chi connectivity index (χ4n) is 3.85. The van der Waals surface area contributed by atoms with E-state index in [-0.39, 0.29) is 0 Å². The number of benzene rings is 3. The van der Waals surface area contributed by atoms with E-state index in [0.717, 1.165) is 50.5 Å². The molecule has 152 valence electrons. The van der Waals surface area contributed by atoms with Crippen molar-refractivity contribution in [2.24, 2.45) is 0 Å². The molecule has 0 saturated heterocycles. The molecule has 0 fully saturated rings. The lowest BCUT2D eigenvalue weighted by atomic mass is 9.96. The quantitative estimate of drug-likeness (QED) is 0.376. The summed E-state index contributed by atoms with van der Waals surface area (Å²) >= 11 is 0. The topological polar surface area (TPSA) is 74.2 Å². The molecule has 0 atom stereocenters. The van der Waals surface area contributed by atoms with Crippen molar-refractivity contribution in [1.82, 2.24) is 9.97 Å². The van der Waals surface area contributed by atoms with Gasteiger partial charge in [0.1, 0.15) is 17.8 Å². The van der Waals surface area contributed by atoms with Crippen LogP contribution in [0.3, 0.4) is 0 Å². The number of nitrogens with two attached hydrogens (primary N) is 1. The summed E-state index contributed by atoms with van der Waals surface area (Å²) in [6.45, 7) is 0. The van der Waals surface area contributed by atoms with Gasteiger partial charge in [-0.05, 0) is 35.4 Å². The summed E-state index contributed by atoms with van der Waals surface area (Å²) < 4.78 is 11.6. The number of aromatic nitrogens is 2. The minimum atomic E-state index is 0.568. The number of hydrogen-bond acceptors (Lipinski definition) is 5. The number of nitrogens with zero attached hydrogens (tertiary/aromatic N) is 2. The third-order valence-corrected chi connectivity index (χ3v) is 5.30. The van der Waals surface area contributed by atoms with Gasteiger partial charge in [0.15, 0.2) is 0 Å². The summed E-state index contributed by atoms with van der Waals surface area (Å²) in [5.41, 5.74) is 12.3. The van der Waals surface area contributed by atoms with Crippen molar-refractivity contribution in [3.63, 3.8) is 0 Å². The van der Waals surface area contributed by atoms with Gasteiger partial charge in [0.25, 0.3) is 0 Å². The lowest BCUT2D eigenvalue weighted by Gasteiger charge is -2.08. The van der Waals surface area contributed by atoms with Crippen molar-refractivity contribution in [1.29, 1.82) is 0 Å². The molecular formula is C26H21N3O2. The highest BCUT2D eigenvalue weighted by molar-refractivity contribution is 6.01. The zero-order chi connectivity index (χ0) is 21.2. The summed E-state index contributed by atoms with van der Waals surface area (Å²) in [5.74, 6) is 1.57. The Hall–Kier alpha value is -4.12. The summed E-state index contributed by atoms with van der Waals surface area (Å²) in [6, 6.07) is 25.9. The number of fused-ring (bicyclic) bond motifs is 1. The van der Waals surface area contributed by atoms with E-state index in [2.05, 4.69) is 16.0 Å². The van der Waals surface area contributed by atoms with Crippen molar-refractivity contribution in [3.8, 4) is 28.2 Å². The molecular weight excluding hydrogens is 386 g/mol. The van der Waals surface area contributed by atoms with Crippen molar-refractivity contribution in [2.45, 2.75) is 6.42 Å². The molecule has 0 bridgehead atoms.